The molecule has 0 saturated carbocycles. The van der Waals surface area contributed by atoms with Crippen LogP contribution in [0.1, 0.15) is 27.2 Å². The van der Waals surface area contributed by atoms with Crippen LogP contribution in [0.4, 0.5) is 10.6 Å². The quantitative estimate of drug-likeness (QED) is 0.724. The number of amides is 1. The third kappa shape index (κ3) is 4.59. The molecular formula is C13H20N6O2. The normalized spacial score (nSPS) is 11.4. The van der Waals surface area contributed by atoms with Crippen molar-refractivity contribution in [1.29, 1.82) is 0 Å². The van der Waals surface area contributed by atoms with E-state index in [2.05, 4.69) is 30.6 Å². The van der Waals surface area contributed by atoms with Crippen molar-refractivity contribution in [3.8, 4) is 0 Å². The van der Waals surface area contributed by atoms with E-state index in [1.807, 2.05) is 20.8 Å². The Bertz CT molecular complexity index is 604. The number of hydrogen-bond donors (Lipinski definition) is 3. The van der Waals surface area contributed by atoms with E-state index in [9.17, 15) is 4.79 Å². The van der Waals surface area contributed by atoms with Gasteiger partial charge in [0.05, 0.1) is 6.33 Å². The molecule has 0 bridgehead atoms. The fraction of sp³-hybridized carbons (Fsp3) is 0.538. The highest BCUT2D eigenvalue weighted by atomic mass is 16.6. The van der Waals surface area contributed by atoms with Gasteiger partial charge in [0.1, 0.15) is 17.4 Å². The molecule has 21 heavy (non-hydrogen) atoms. The Morgan fingerprint density at radius 2 is 2.10 bits per heavy atom. The predicted molar refractivity (Wildman–Crippen MR) is 79.0 cm³/mol. The lowest BCUT2D eigenvalue weighted by atomic mass is 10.2. The minimum atomic E-state index is -0.477. The minimum Gasteiger partial charge on any atom is -0.444 e. The van der Waals surface area contributed by atoms with Crippen LogP contribution in [0.2, 0.25) is 0 Å². The van der Waals surface area contributed by atoms with Gasteiger partial charge in [0, 0.05) is 13.1 Å². The smallest absolute Gasteiger partial charge is 0.407 e. The van der Waals surface area contributed by atoms with E-state index in [-0.39, 0.29) is 0 Å². The Hall–Kier alpha value is -2.38. The van der Waals surface area contributed by atoms with E-state index < -0.39 is 11.7 Å². The van der Waals surface area contributed by atoms with E-state index >= 15 is 0 Å². The van der Waals surface area contributed by atoms with E-state index in [0.29, 0.717) is 24.6 Å². The molecule has 2 rings (SSSR count). The van der Waals surface area contributed by atoms with Crippen LogP contribution in [0.3, 0.4) is 0 Å². The van der Waals surface area contributed by atoms with Crippen LogP contribution in [0.25, 0.3) is 11.2 Å². The number of carbonyl (C=O) groups is 1. The number of imidazole rings is 1. The molecular weight excluding hydrogens is 272 g/mol. The van der Waals surface area contributed by atoms with E-state index in [1.54, 1.807) is 6.33 Å². The summed E-state index contributed by atoms with van der Waals surface area (Å²) in [7, 11) is 0. The third-order valence-electron chi connectivity index (χ3n) is 2.54. The van der Waals surface area contributed by atoms with Crippen LogP contribution in [0.15, 0.2) is 12.7 Å². The molecule has 0 fully saturated rings. The van der Waals surface area contributed by atoms with Crippen molar-refractivity contribution < 1.29 is 9.53 Å². The molecule has 3 N–H and O–H groups in total. The molecule has 0 aliphatic carbocycles. The van der Waals surface area contributed by atoms with Gasteiger partial charge in [0.2, 0.25) is 0 Å². The SMILES string of the molecule is CC(C)(C)OC(=O)NCCCNc1ncnc2nc[nH]c12. The van der Waals surface area contributed by atoms with Gasteiger partial charge in [-0.25, -0.2) is 19.7 Å². The number of anilines is 1. The second kappa shape index (κ2) is 6.38. The first kappa shape index (κ1) is 15.0. The summed E-state index contributed by atoms with van der Waals surface area (Å²) in [5.41, 5.74) is 0.923. The number of nitrogens with zero attached hydrogens (tertiary/aromatic N) is 3. The number of carbonyl (C=O) groups excluding carboxylic acids is 1. The summed E-state index contributed by atoms with van der Waals surface area (Å²) < 4.78 is 5.15. The number of nitrogens with one attached hydrogen (secondary N) is 3. The van der Waals surface area contributed by atoms with Crippen LogP contribution in [0, 0.1) is 0 Å². The lowest BCUT2D eigenvalue weighted by Crippen LogP contribution is -2.33. The van der Waals surface area contributed by atoms with Crippen molar-refractivity contribution in [1.82, 2.24) is 25.3 Å². The molecule has 8 heteroatoms. The van der Waals surface area contributed by atoms with Crippen molar-refractivity contribution in [2.24, 2.45) is 0 Å². The van der Waals surface area contributed by atoms with Gasteiger partial charge in [-0.05, 0) is 27.2 Å². The molecule has 0 aliphatic rings. The molecule has 0 unspecified atom stereocenters. The Kier molecular flexibility index (Phi) is 4.56. The summed E-state index contributed by atoms with van der Waals surface area (Å²) in [6, 6.07) is 0. The van der Waals surface area contributed by atoms with Crippen molar-refractivity contribution in [3.63, 3.8) is 0 Å². The standard InChI is InChI=1S/C13H20N6O2/c1-13(2,3)21-12(20)15-6-4-5-14-10-9-11(17-7-16-9)19-8-18-10/h7-8H,4-6H2,1-3H3,(H,15,20)(H2,14,16,17,18,19). The fourth-order valence-electron chi connectivity index (χ4n) is 1.70. The largest absolute Gasteiger partial charge is 0.444 e. The summed E-state index contributed by atoms with van der Waals surface area (Å²) in [5, 5.41) is 5.88. The summed E-state index contributed by atoms with van der Waals surface area (Å²) in [4.78, 5) is 26.7. The summed E-state index contributed by atoms with van der Waals surface area (Å²) in [6.07, 6.45) is 3.39. The van der Waals surface area contributed by atoms with Gasteiger partial charge in [-0.3, -0.25) is 0 Å². The number of aromatic amines is 1. The zero-order valence-corrected chi connectivity index (χ0v) is 12.4. The van der Waals surface area contributed by atoms with Crippen molar-refractivity contribution in [2.75, 3.05) is 18.4 Å². The van der Waals surface area contributed by atoms with Gasteiger partial charge in [-0.1, -0.05) is 0 Å². The first-order valence-corrected chi connectivity index (χ1v) is 6.80. The zero-order valence-electron chi connectivity index (χ0n) is 12.4. The highest BCUT2D eigenvalue weighted by molar-refractivity contribution is 5.81. The van der Waals surface area contributed by atoms with Crippen molar-refractivity contribution >= 4 is 23.1 Å². The molecule has 1 amide bonds. The van der Waals surface area contributed by atoms with Gasteiger partial charge in [-0.2, -0.15) is 0 Å². The van der Waals surface area contributed by atoms with E-state index in [4.69, 9.17) is 4.74 Å². The molecule has 0 aromatic carbocycles. The highest BCUT2D eigenvalue weighted by Crippen LogP contribution is 2.13. The lowest BCUT2D eigenvalue weighted by molar-refractivity contribution is 0.0528. The van der Waals surface area contributed by atoms with Crippen LogP contribution in [-0.2, 0) is 4.74 Å². The topological polar surface area (TPSA) is 105 Å². The molecule has 0 atom stereocenters. The first-order valence-electron chi connectivity index (χ1n) is 6.80. The third-order valence-corrected chi connectivity index (χ3v) is 2.54. The maximum absolute atomic E-state index is 11.4. The Morgan fingerprint density at radius 3 is 2.86 bits per heavy atom. The molecule has 114 valence electrons. The average Bonchev–Trinajstić information content (AvgIpc) is 2.85. The molecule has 0 spiro atoms. The average molecular weight is 292 g/mol. The number of hydrogen-bond acceptors (Lipinski definition) is 6. The molecule has 2 aromatic heterocycles. The van der Waals surface area contributed by atoms with Crippen LogP contribution < -0.4 is 10.6 Å². The highest BCUT2D eigenvalue weighted by Gasteiger charge is 2.15. The number of rotatable bonds is 5. The maximum atomic E-state index is 11.4. The van der Waals surface area contributed by atoms with Gasteiger partial charge < -0.3 is 20.4 Å². The van der Waals surface area contributed by atoms with E-state index in [0.717, 1.165) is 11.9 Å². The maximum Gasteiger partial charge on any atom is 0.407 e. The van der Waals surface area contributed by atoms with Crippen LogP contribution >= 0.6 is 0 Å². The molecule has 8 nitrogen and oxygen atoms in total. The van der Waals surface area contributed by atoms with Crippen molar-refractivity contribution in [2.45, 2.75) is 32.8 Å². The molecule has 2 heterocycles. The number of ether oxygens (including phenoxy) is 1. The lowest BCUT2D eigenvalue weighted by Gasteiger charge is -2.19. The monoisotopic (exact) mass is 292 g/mol. The Balaban J connectivity index is 1.71. The number of aromatic nitrogens is 4. The van der Waals surface area contributed by atoms with E-state index in [1.165, 1.54) is 6.33 Å². The van der Waals surface area contributed by atoms with Gasteiger partial charge in [0.15, 0.2) is 11.5 Å². The van der Waals surface area contributed by atoms with Gasteiger partial charge in [0.25, 0.3) is 0 Å². The minimum absolute atomic E-state index is 0.402. The number of alkyl carbamates (subject to hydrolysis) is 1. The Morgan fingerprint density at radius 1 is 1.29 bits per heavy atom. The number of fused-ring (bicyclic) bond motifs is 1. The number of H-pyrrole nitrogens is 1. The van der Waals surface area contributed by atoms with Crippen LogP contribution in [-0.4, -0.2) is 44.7 Å². The van der Waals surface area contributed by atoms with Crippen LogP contribution in [0.5, 0.6) is 0 Å². The summed E-state index contributed by atoms with van der Waals surface area (Å²) in [6.45, 7) is 6.69. The summed E-state index contributed by atoms with van der Waals surface area (Å²) in [5.74, 6) is 0.703. The van der Waals surface area contributed by atoms with Crippen molar-refractivity contribution in [3.05, 3.63) is 12.7 Å². The fourth-order valence-corrected chi connectivity index (χ4v) is 1.70. The van der Waals surface area contributed by atoms with Gasteiger partial charge >= 0.3 is 6.09 Å². The zero-order chi connectivity index (χ0) is 15.3. The second-order valence-electron chi connectivity index (χ2n) is 5.53. The first-order chi connectivity index (χ1) is 9.96. The summed E-state index contributed by atoms with van der Waals surface area (Å²) >= 11 is 0. The Labute approximate surface area is 122 Å². The molecule has 0 aliphatic heterocycles. The van der Waals surface area contributed by atoms with Gasteiger partial charge in [-0.15, -0.1) is 0 Å². The molecule has 2 aromatic rings. The molecule has 0 radical (unpaired) electrons. The molecule has 0 saturated heterocycles. The second-order valence-corrected chi connectivity index (χ2v) is 5.53. The predicted octanol–water partition coefficient (Wildman–Crippen LogP) is 1.68.